The topological polar surface area (TPSA) is 45.7 Å². The van der Waals surface area contributed by atoms with E-state index in [1.807, 2.05) is 54.6 Å². The maximum Gasteiger partial charge on any atom is 0.287 e. The molecular weight excluding hydrogens is 395 g/mol. The summed E-state index contributed by atoms with van der Waals surface area (Å²) in [7, 11) is 0. The molecule has 0 radical (unpaired) electrons. The molecule has 0 fully saturated rings. The first-order valence-electron chi connectivity index (χ1n) is 9.75. The minimum absolute atomic E-state index is 0.0182. The first kappa shape index (κ1) is 20.0. The highest BCUT2D eigenvalue weighted by atomic mass is 32.1. The number of thiophene rings is 1. The number of benzene rings is 3. The maximum absolute atomic E-state index is 13.3. The van der Waals surface area contributed by atoms with E-state index in [0.717, 1.165) is 11.1 Å². The summed E-state index contributed by atoms with van der Waals surface area (Å²) in [5, 5.41) is 7.08. The predicted molar refractivity (Wildman–Crippen MR) is 119 cm³/mol. The van der Waals surface area contributed by atoms with Crippen molar-refractivity contribution in [3.8, 4) is 0 Å². The van der Waals surface area contributed by atoms with Gasteiger partial charge in [0.1, 0.15) is 11.9 Å². The van der Waals surface area contributed by atoms with Gasteiger partial charge in [-0.15, -0.1) is 11.3 Å². The quantitative estimate of drug-likeness (QED) is 0.440. The van der Waals surface area contributed by atoms with Crippen molar-refractivity contribution >= 4 is 22.9 Å². The summed E-state index contributed by atoms with van der Waals surface area (Å²) in [6.45, 7) is 0. The molecule has 5 heteroatoms. The molecular formula is C25H22FN2OS+. The van der Waals surface area contributed by atoms with Gasteiger partial charge in [0.05, 0.1) is 4.88 Å². The molecule has 4 rings (SSSR count). The summed E-state index contributed by atoms with van der Waals surface area (Å²) in [4.78, 5) is 14.5. The number of nitrogens with two attached hydrogens (primary N) is 1. The molecule has 0 bridgehead atoms. The van der Waals surface area contributed by atoms with Crippen LogP contribution in [0.1, 0.15) is 28.1 Å². The molecule has 1 amide bonds. The van der Waals surface area contributed by atoms with E-state index in [-0.39, 0.29) is 17.8 Å². The fraction of sp³-hybridized carbons (Fsp3) is 0.0800. The van der Waals surface area contributed by atoms with E-state index in [9.17, 15) is 9.18 Å². The number of amides is 1. The second-order valence-electron chi connectivity index (χ2n) is 6.98. The molecule has 0 unspecified atom stereocenters. The Morgan fingerprint density at radius 1 is 0.800 bits per heavy atom. The van der Waals surface area contributed by atoms with Gasteiger partial charge >= 0.3 is 0 Å². The normalized spacial score (nSPS) is 12.8. The number of rotatable bonds is 7. The summed E-state index contributed by atoms with van der Waals surface area (Å²) in [6, 6.07) is 29.4. The third-order valence-electron chi connectivity index (χ3n) is 4.95. The zero-order valence-electron chi connectivity index (χ0n) is 16.2. The molecule has 3 N–H and O–H groups in total. The Labute approximate surface area is 179 Å². The minimum Gasteiger partial charge on any atom is -0.322 e. The van der Waals surface area contributed by atoms with Gasteiger partial charge in [-0.25, -0.2) is 4.39 Å². The molecule has 1 heterocycles. The Morgan fingerprint density at radius 2 is 1.43 bits per heavy atom. The van der Waals surface area contributed by atoms with Crippen molar-refractivity contribution < 1.29 is 14.5 Å². The molecule has 150 valence electrons. The predicted octanol–water partition coefficient (Wildman–Crippen LogP) is 4.92. The molecule has 0 saturated heterocycles. The van der Waals surface area contributed by atoms with Crippen LogP contribution >= 0.6 is 11.3 Å². The Hall–Kier alpha value is -3.28. The Bertz CT molecular complexity index is 1070. The lowest BCUT2D eigenvalue weighted by Gasteiger charge is -2.22. The van der Waals surface area contributed by atoms with E-state index in [4.69, 9.17) is 0 Å². The van der Waals surface area contributed by atoms with Crippen LogP contribution in [0.4, 0.5) is 10.1 Å². The van der Waals surface area contributed by atoms with E-state index in [2.05, 4.69) is 34.2 Å². The smallest absolute Gasteiger partial charge is 0.287 e. The van der Waals surface area contributed by atoms with Gasteiger partial charge in [-0.1, -0.05) is 66.7 Å². The van der Waals surface area contributed by atoms with Crippen molar-refractivity contribution in [2.45, 2.75) is 12.1 Å². The number of quaternary nitrogens is 1. The molecule has 3 aromatic carbocycles. The molecule has 0 saturated carbocycles. The monoisotopic (exact) mass is 417 g/mol. The summed E-state index contributed by atoms with van der Waals surface area (Å²) in [5.74, 6) is -0.480. The van der Waals surface area contributed by atoms with Crippen LogP contribution in [0.25, 0.3) is 0 Å². The van der Waals surface area contributed by atoms with Gasteiger partial charge in [0, 0.05) is 16.8 Å². The second kappa shape index (κ2) is 9.48. The third kappa shape index (κ3) is 4.82. The lowest BCUT2D eigenvalue weighted by Crippen LogP contribution is -2.88. The molecule has 0 aliphatic rings. The highest BCUT2D eigenvalue weighted by Gasteiger charge is 2.30. The summed E-state index contributed by atoms with van der Waals surface area (Å²) in [5.41, 5.74) is 2.62. The van der Waals surface area contributed by atoms with Crippen LogP contribution in [-0.2, 0) is 4.79 Å². The fourth-order valence-electron chi connectivity index (χ4n) is 3.45. The van der Waals surface area contributed by atoms with E-state index >= 15 is 0 Å². The zero-order valence-corrected chi connectivity index (χ0v) is 17.1. The van der Waals surface area contributed by atoms with Crippen molar-refractivity contribution in [3.63, 3.8) is 0 Å². The third-order valence-corrected chi connectivity index (χ3v) is 5.90. The molecule has 0 aliphatic heterocycles. The van der Waals surface area contributed by atoms with Crippen LogP contribution in [0.2, 0.25) is 0 Å². The lowest BCUT2D eigenvalue weighted by molar-refractivity contribution is -0.713. The molecule has 2 atom stereocenters. The van der Waals surface area contributed by atoms with Crippen LogP contribution < -0.4 is 10.6 Å². The molecule has 30 heavy (non-hydrogen) atoms. The number of anilines is 1. The van der Waals surface area contributed by atoms with E-state index in [0.29, 0.717) is 5.69 Å². The van der Waals surface area contributed by atoms with Gasteiger partial charge in [0.15, 0.2) is 6.04 Å². The largest absolute Gasteiger partial charge is 0.322 e. The molecule has 3 nitrogen and oxygen atoms in total. The van der Waals surface area contributed by atoms with Gasteiger partial charge in [-0.2, -0.15) is 0 Å². The SMILES string of the molecule is O=C(Nc1ccc(F)cc1)[C@H]([NH2+][C@H](c1ccccc1)c1cccs1)c1ccccc1. The minimum atomic E-state index is -0.469. The average Bonchev–Trinajstić information content (AvgIpc) is 3.32. The van der Waals surface area contributed by atoms with Crippen LogP contribution in [0, 0.1) is 5.82 Å². The summed E-state index contributed by atoms with van der Waals surface area (Å²) in [6.07, 6.45) is 0. The van der Waals surface area contributed by atoms with E-state index in [1.54, 1.807) is 23.5 Å². The summed E-state index contributed by atoms with van der Waals surface area (Å²) >= 11 is 1.68. The Balaban J connectivity index is 1.66. The number of hydrogen-bond acceptors (Lipinski definition) is 2. The highest BCUT2D eigenvalue weighted by molar-refractivity contribution is 7.10. The van der Waals surface area contributed by atoms with Crippen molar-refractivity contribution in [1.82, 2.24) is 0 Å². The zero-order chi connectivity index (χ0) is 20.8. The number of carbonyl (C=O) groups is 1. The summed E-state index contributed by atoms with van der Waals surface area (Å²) < 4.78 is 13.2. The fourth-order valence-corrected chi connectivity index (χ4v) is 4.29. The van der Waals surface area contributed by atoms with Gasteiger partial charge in [0.2, 0.25) is 0 Å². The van der Waals surface area contributed by atoms with Crippen LogP contribution in [0.5, 0.6) is 0 Å². The van der Waals surface area contributed by atoms with Crippen molar-refractivity contribution in [2.24, 2.45) is 0 Å². The van der Waals surface area contributed by atoms with E-state index in [1.165, 1.54) is 17.0 Å². The molecule has 1 aromatic heterocycles. The van der Waals surface area contributed by atoms with Crippen LogP contribution in [0.15, 0.2) is 102 Å². The lowest BCUT2D eigenvalue weighted by atomic mass is 10.0. The van der Waals surface area contributed by atoms with Gasteiger partial charge in [-0.05, 0) is 35.7 Å². The Kier molecular flexibility index (Phi) is 6.32. The van der Waals surface area contributed by atoms with Crippen LogP contribution in [-0.4, -0.2) is 5.91 Å². The van der Waals surface area contributed by atoms with Gasteiger partial charge in [0.25, 0.3) is 5.91 Å². The first-order chi connectivity index (χ1) is 14.7. The number of halogens is 1. The average molecular weight is 418 g/mol. The van der Waals surface area contributed by atoms with Crippen molar-refractivity contribution in [2.75, 3.05) is 5.32 Å². The van der Waals surface area contributed by atoms with Crippen molar-refractivity contribution in [3.05, 3.63) is 124 Å². The maximum atomic E-state index is 13.3. The molecule has 4 aromatic rings. The van der Waals surface area contributed by atoms with Gasteiger partial charge < -0.3 is 10.6 Å². The van der Waals surface area contributed by atoms with Crippen molar-refractivity contribution in [1.29, 1.82) is 0 Å². The van der Waals surface area contributed by atoms with Crippen LogP contribution in [0.3, 0.4) is 0 Å². The molecule has 0 aliphatic carbocycles. The van der Waals surface area contributed by atoms with Gasteiger partial charge in [-0.3, -0.25) is 4.79 Å². The number of nitrogens with one attached hydrogen (secondary N) is 1. The first-order valence-corrected chi connectivity index (χ1v) is 10.6. The number of hydrogen-bond donors (Lipinski definition) is 2. The number of carbonyl (C=O) groups excluding carboxylic acids is 1. The highest BCUT2D eigenvalue weighted by Crippen LogP contribution is 2.24. The second-order valence-corrected chi connectivity index (χ2v) is 7.96. The molecule has 0 spiro atoms. The van der Waals surface area contributed by atoms with E-state index < -0.39 is 6.04 Å². The Morgan fingerprint density at radius 3 is 2.03 bits per heavy atom. The standard InChI is InChI=1S/C25H21FN2OS/c26-20-13-15-21(16-14-20)27-25(29)24(19-10-5-2-6-11-19)28-23(22-12-7-17-30-22)18-8-3-1-4-9-18/h1-17,23-24,28H,(H,27,29)/p+1/t23-,24-/m1/s1.